The second kappa shape index (κ2) is 6.55. The van der Waals surface area contributed by atoms with Gasteiger partial charge in [0, 0.05) is 23.0 Å². The molecule has 20 heavy (non-hydrogen) atoms. The normalized spacial score (nSPS) is 16.0. The average molecular weight is 299 g/mol. The van der Waals surface area contributed by atoms with Crippen molar-refractivity contribution < 1.29 is 9.18 Å². The zero-order valence-corrected chi connectivity index (χ0v) is 12.4. The highest BCUT2D eigenvalue weighted by Gasteiger charge is 2.33. The maximum absolute atomic E-state index is 13.8. The molecule has 0 aromatic heterocycles. The number of halogens is 2. The summed E-state index contributed by atoms with van der Waals surface area (Å²) in [5, 5.41) is 0.371. The highest BCUT2D eigenvalue weighted by molar-refractivity contribution is 6.31. The van der Waals surface area contributed by atoms with Crippen LogP contribution in [0.2, 0.25) is 5.02 Å². The van der Waals surface area contributed by atoms with Crippen molar-refractivity contribution in [2.45, 2.75) is 38.8 Å². The lowest BCUT2D eigenvalue weighted by molar-refractivity contribution is -0.133. The molecule has 0 radical (unpaired) electrons. The molecule has 1 fully saturated rings. The first-order chi connectivity index (χ1) is 9.52. The Morgan fingerprint density at radius 2 is 2.25 bits per heavy atom. The Morgan fingerprint density at radius 1 is 1.55 bits per heavy atom. The van der Waals surface area contributed by atoms with Crippen LogP contribution in [-0.2, 0) is 11.3 Å². The van der Waals surface area contributed by atoms with E-state index in [2.05, 4.69) is 0 Å². The molecule has 5 heteroatoms. The second-order valence-electron chi connectivity index (χ2n) is 5.50. The molecule has 1 aliphatic carbocycles. The summed E-state index contributed by atoms with van der Waals surface area (Å²) in [5.41, 5.74) is 5.96. The van der Waals surface area contributed by atoms with Crippen molar-refractivity contribution in [3.8, 4) is 0 Å². The fourth-order valence-corrected chi connectivity index (χ4v) is 2.38. The zero-order chi connectivity index (χ0) is 14.7. The summed E-state index contributed by atoms with van der Waals surface area (Å²) in [6, 6.07) is 4.82. The first-order valence-corrected chi connectivity index (χ1v) is 7.33. The van der Waals surface area contributed by atoms with Gasteiger partial charge in [-0.2, -0.15) is 0 Å². The minimum atomic E-state index is -0.358. The molecule has 0 aliphatic heterocycles. The van der Waals surface area contributed by atoms with Gasteiger partial charge in [0.2, 0.25) is 5.91 Å². The number of hydrogen-bond donors (Lipinski definition) is 1. The standard InChI is InChI=1S/C15H20ClFN2O/c1-10(8-18)7-15(20)19(11-5-6-11)9-12-13(16)3-2-4-14(12)17/h2-4,10-11H,5-9,18H2,1H3. The van der Waals surface area contributed by atoms with Gasteiger partial charge in [-0.3, -0.25) is 4.79 Å². The van der Waals surface area contributed by atoms with Gasteiger partial charge in [-0.15, -0.1) is 0 Å². The Kier molecular flexibility index (Phi) is 5.00. The number of amides is 1. The lowest BCUT2D eigenvalue weighted by atomic mass is 10.1. The summed E-state index contributed by atoms with van der Waals surface area (Å²) in [6.45, 7) is 2.66. The van der Waals surface area contributed by atoms with Gasteiger partial charge in [0.25, 0.3) is 0 Å². The third kappa shape index (κ3) is 3.70. The Balaban J connectivity index is 2.12. The SMILES string of the molecule is CC(CN)CC(=O)N(Cc1c(F)cccc1Cl)C1CC1. The first kappa shape index (κ1) is 15.3. The Labute approximate surface area is 123 Å². The summed E-state index contributed by atoms with van der Waals surface area (Å²) >= 11 is 6.04. The summed E-state index contributed by atoms with van der Waals surface area (Å²) in [7, 11) is 0. The molecule has 0 spiro atoms. The number of nitrogens with two attached hydrogens (primary N) is 1. The molecule has 0 saturated heterocycles. The van der Waals surface area contributed by atoms with Gasteiger partial charge in [0.05, 0.1) is 6.54 Å². The number of carbonyl (C=O) groups is 1. The summed E-state index contributed by atoms with van der Waals surface area (Å²) in [4.78, 5) is 14.1. The largest absolute Gasteiger partial charge is 0.335 e. The van der Waals surface area contributed by atoms with Gasteiger partial charge in [0.15, 0.2) is 0 Å². The van der Waals surface area contributed by atoms with Gasteiger partial charge >= 0.3 is 0 Å². The molecular formula is C15H20ClFN2O. The molecule has 1 atom stereocenters. The van der Waals surface area contributed by atoms with Crippen molar-refractivity contribution in [1.82, 2.24) is 4.90 Å². The molecular weight excluding hydrogens is 279 g/mol. The Bertz CT molecular complexity index is 471. The number of rotatable bonds is 6. The van der Waals surface area contributed by atoms with Gasteiger partial charge < -0.3 is 10.6 Å². The number of carbonyl (C=O) groups excluding carboxylic acids is 1. The van der Waals surface area contributed by atoms with E-state index in [0.29, 0.717) is 23.6 Å². The van der Waals surface area contributed by atoms with E-state index in [9.17, 15) is 9.18 Å². The topological polar surface area (TPSA) is 46.3 Å². The van der Waals surface area contributed by atoms with E-state index in [1.165, 1.54) is 6.07 Å². The van der Waals surface area contributed by atoms with Gasteiger partial charge in [-0.1, -0.05) is 24.6 Å². The third-order valence-corrected chi connectivity index (χ3v) is 3.98. The third-order valence-electron chi connectivity index (χ3n) is 3.62. The highest BCUT2D eigenvalue weighted by atomic mass is 35.5. The number of hydrogen-bond acceptors (Lipinski definition) is 2. The smallest absolute Gasteiger partial charge is 0.223 e. The molecule has 1 aliphatic rings. The van der Waals surface area contributed by atoms with Crippen molar-refractivity contribution in [2.75, 3.05) is 6.54 Å². The Morgan fingerprint density at radius 3 is 2.80 bits per heavy atom. The Hall–Kier alpha value is -1.13. The van der Waals surface area contributed by atoms with Crippen LogP contribution in [0.1, 0.15) is 31.7 Å². The molecule has 2 rings (SSSR count). The van der Waals surface area contributed by atoms with Crippen molar-refractivity contribution >= 4 is 17.5 Å². The van der Waals surface area contributed by atoms with Crippen LogP contribution in [0.25, 0.3) is 0 Å². The van der Waals surface area contributed by atoms with Crippen LogP contribution < -0.4 is 5.73 Å². The van der Waals surface area contributed by atoms with Crippen LogP contribution in [-0.4, -0.2) is 23.4 Å². The van der Waals surface area contributed by atoms with Crippen molar-refractivity contribution in [3.05, 3.63) is 34.6 Å². The lowest BCUT2D eigenvalue weighted by Crippen LogP contribution is -2.34. The van der Waals surface area contributed by atoms with Crippen LogP contribution in [0.3, 0.4) is 0 Å². The fourth-order valence-electron chi connectivity index (χ4n) is 2.16. The average Bonchev–Trinajstić information content (AvgIpc) is 3.22. The molecule has 1 aromatic rings. The summed E-state index contributed by atoms with van der Waals surface area (Å²) < 4.78 is 13.8. The minimum Gasteiger partial charge on any atom is -0.335 e. The van der Waals surface area contributed by atoms with Gasteiger partial charge in [0.1, 0.15) is 5.82 Å². The maximum atomic E-state index is 13.8. The molecule has 2 N–H and O–H groups in total. The molecule has 0 heterocycles. The van der Waals surface area contributed by atoms with Crippen LogP contribution in [0.4, 0.5) is 4.39 Å². The van der Waals surface area contributed by atoms with E-state index in [1.54, 1.807) is 17.0 Å². The molecule has 1 unspecified atom stereocenters. The van der Waals surface area contributed by atoms with E-state index in [1.807, 2.05) is 6.92 Å². The predicted octanol–water partition coefficient (Wildman–Crippen LogP) is 2.96. The molecule has 0 bridgehead atoms. The molecule has 1 saturated carbocycles. The van der Waals surface area contributed by atoms with E-state index >= 15 is 0 Å². The fraction of sp³-hybridized carbons (Fsp3) is 0.533. The lowest BCUT2D eigenvalue weighted by Gasteiger charge is -2.24. The summed E-state index contributed by atoms with van der Waals surface area (Å²) in [6.07, 6.45) is 2.36. The van der Waals surface area contributed by atoms with Gasteiger partial charge in [-0.25, -0.2) is 4.39 Å². The van der Waals surface area contributed by atoms with Crippen molar-refractivity contribution in [1.29, 1.82) is 0 Å². The van der Waals surface area contributed by atoms with E-state index < -0.39 is 0 Å². The maximum Gasteiger partial charge on any atom is 0.223 e. The number of benzene rings is 1. The van der Waals surface area contributed by atoms with E-state index in [0.717, 1.165) is 12.8 Å². The minimum absolute atomic E-state index is 0.0322. The van der Waals surface area contributed by atoms with Crippen LogP contribution in [0, 0.1) is 11.7 Å². The molecule has 110 valence electrons. The van der Waals surface area contributed by atoms with Crippen molar-refractivity contribution in [3.63, 3.8) is 0 Å². The monoisotopic (exact) mass is 298 g/mol. The van der Waals surface area contributed by atoms with Crippen molar-refractivity contribution in [2.24, 2.45) is 11.7 Å². The van der Waals surface area contributed by atoms with E-state index in [4.69, 9.17) is 17.3 Å². The first-order valence-electron chi connectivity index (χ1n) is 6.95. The molecule has 1 amide bonds. The van der Waals surface area contributed by atoms with Crippen LogP contribution >= 0.6 is 11.6 Å². The number of nitrogens with zero attached hydrogens (tertiary/aromatic N) is 1. The van der Waals surface area contributed by atoms with Gasteiger partial charge in [-0.05, 0) is 37.4 Å². The summed E-state index contributed by atoms with van der Waals surface area (Å²) in [5.74, 6) is -0.188. The second-order valence-corrected chi connectivity index (χ2v) is 5.91. The quantitative estimate of drug-likeness (QED) is 0.877. The molecule has 3 nitrogen and oxygen atoms in total. The van der Waals surface area contributed by atoms with E-state index in [-0.39, 0.29) is 30.2 Å². The van der Waals surface area contributed by atoms with Crippen LogP contribution in [0.15, 0.2) is 18.2 Å². The zero-order valence-electron chi connectivity index (χ0n) is 11.6. The predicted molar refractivity (Wildman–Crippen MR) is 77.8 cm³/mol. The van der Waals surface area contributed by atoms with Crippen LogP contribution in [0.5, 0.6) is 0 Å². The molecule has 1 aromatic carbocycles. The highest BCUT2D eigenvalue weighted by Crippen LogP contribution is 2.31.